The van der Waals surface area contributed by atoms with Crippen molar-refractivity contribution in [3.8, 4) is 50.4 Å². The van der Waals surface area contributed by atoms with Crippen LogP contribution in [0.15, 0.2) is 443 Å². The smallest absolute Gasteiger partial charge is 0.252 e. The molecule has 666 valence electrons. The molecule has 0 fully saturated rings. The summed E-state index contributed by atoms with van der Waals surface area (Å²) in [5.41, 5.74) is 31.1. The van der Waals surface area contributed by atoms with Crippen molar-refractivity contribution in [3.63, 3.8) is 0 Å². The summed E-state index contributed by atoms with van der Waals surface area (Å²) in [6.45, 7) is 27.6. The molecule has 2 aliphatic rings. The predicted octanol–water partition coefficient (Wildman–Crippen LogP) is 26.3. The Labute approximate surface area is 812 Å². The van der Waals surface area contributed by atoms with Crippen molar-refractivity contribution in [2.75, 3.05) is 10.2 Å². The van der Waals surface area contributed by atoms with Crippen LogP contribution >= 0.6 is 0 Å². The van der Waals surface area contributed by atoms with Crippen LogP contribution in [0.25, 0.3) is 116 Å². The van der Waals surface area contributed by atoms with Crippen LogP contribution in [0.2, 0.25) is 0 Å². The summed E-state index contributed by atoms with van der Waals surface area (Å²) in [5, 5.41) is 22.5. The van der Waals surface area contributed by atoms with E-state index in [1.165, 1.54) is 135 Å². The van der Waals surface area contributed by atoms with Gasteiger partial charge >= 0.3 is 0 Å². The molecule has 0 aliphatic carbocycles. The number of nitrogens with one attached hydrogen (secondary N) is 1. The van der Waals surface area contributed by atoms with Crippen molar-refractivity contribution in [2.45, 2.75) is 105 Å². The third-order valence-corrected chi connectivity index (χ3v) is 39.6. The molecule has 0 amide bonds. The van der Waals surface area contributed by atoms with E-state index in [4.69, 9.17) is 0 Å². The zero-order chi connectivity index (χ0) is 93.9. The molecule has 0 bridgehead atoms. The third-order valence-electron chi connectivity index (χ3n) is 30.1. The Balaban J connectivity index is 0.808. The monoisotopic (exact) mass is 1810 g/mol. The van der Waals surface area contributed by atoms with Gasteiger partial charge in [0.2, 0.25) is 0 Å². The van der Waals surface area contributed by atoms with Gasteiger partial charge < -0.3 is 23.9 Å². The quantitative estimate of drug-likeness (QED) is 0.0819. The minimum Gasteiger partial charge on any atom is -0.356 e. The van der Waals surface area contributed by atoms with Gasteiger partial charge in [-0.1, -0.05) is 405 Å². The van der Waals surface area contributed by atoms with E-state index in [1.54, 1.807) is 0 Å². The van der Waals surface area contributed by atoms with E-state index in [9.17, 15) is 0 Å². The van der Waals surface area contributed by atoms with Gasteiger partial charge in [0.15, 0.2) is 16.1 Å². The van der Waals surface area contributed by atoms with E-state index in [0.29, 0.717) is 0 Å². The number of hydrogen-bond acceptors (Lipinski definition) is 2. The van der Waals surface area contributed by atoms with Gasteiger partial charge in [0.05, 0.1) is 38.8 Å². The molecule has 0 saturated carbocycles. The maximum absolute atomic E-state index is 4.58. The fourth-order valence-corrected chi connectivity index (χ4v) is 32.8. The number of anilines is 5. The van der Waals surface area contributed by atoms with Crippen LogP contribution < -0.4 is 68.1 Å². The van der Waals surface area contributed by atoms with Crippen molar-refractivity contribution in [1.82, 2.24) is 13.7 Å². The summed E-state index contributed by atoms with van der Waals surface area (Å²) in [6, 6.07) is 171. The first kappa shape index (κ1) is 85.6. The highest BCUT2D eigenvalue weighted by Gasteiger charge is 2.47. The standard InChI is InChI=1S/C130H110BN5Si2/c1-127(2,3)91-64-69-119-110(79-91)111-80-92(128(4,5)6)65-70-120(111)133(119)95-42-35-39-86(73-95)88-63-68-123-114(77-88)131-115-78-90(87-40-36-43-96(74-87)134-121-71-66-93(129(7,8)9)81-112(121)113-82-94(130(10,11)12)67-72-122(113)134)76-109(89-41-37-57-105(75-89)137(99-45-19-13-20-46-99,100-47-21-14-22-48-100)101-49-23-15-24-50-101)126(115)132-116-84-98(136-117-61-33-31-59-107(117)108-60-32-34-62-118(108)136)85-124(125(116)131)135(123)97-44-38-58-106(83-97)138(102-51-25-16-26-52-102,103-53-27-17-28-54-103)104-55-29-18-30-56-104/h13-85,132H,1-12H3. The SMILES string of the molecule is CC(C)(C)c1ccc2c(c1)c1cc(C(C)(C)C)ccc1n2-c1cccc(-c2ccc3c(c2)B2c4cc(-c5cccc(-n6c7ccc(C(C)(C)C)cc7c7cc(C(C)(C)C)ccc76)c5)cc(-c5cccc([Si](c6ccccc6)(c6ccccc6)c6ccccc6)c5)c4Nc4cc(-n5c6ccccc6c6ccccc65)cc(c42)N3c2cccc([Si](c3ccccc3)(c3ccccc3)c3ccccc3)c2)c1. The van der Waals surface area contributed by atoms with Crippen LogP contribution in [0, 0.1) is 0 Å². The fraction of sp³-hybridized carbons (Fsp3) is 0.123. The summed E-state index contributed by atoms with van der Waals surface area (Å²) in [7, 11) is -6.31. The van der Waals surface area contributed by atoms with Gasteiger partial charge in [0.25, 0.3) is 6.71 Å². The van der Waals surface area contributed by atoms with Gasteiger partial charge in [0.1, 0.15) is 0 Å². The highest BCUT2D eigenvalue weighted by atomic mass is 28.3. The molecule has 0 radical (unpaired) electrons. The number of fused-ring (bicyclic) bond motifs is 13. The largest absolute Gasteiger partial charge is 0.356 e. The Morgan fingerprint density at radius 2 is 0.551 bits per heavy atom. The molecule has 8 heteroatoms. The zero-order valence-electron chi connectivity index (χ0n) is 80.5. The average molecular weight is 1810 g/mol. The number of hydrogen-bond donors (Lipinski definition) is 1. The first-order chi connectivity index (χ1) is 66.9. The number of rotatable bonds is 15. The first-order valence-electron chi connectivity index (χ1n) is 49.0. The van der Waals surface area contributed by atoms with Crippen molar-refractivity contribution < 1.29 is 0 Å². The second-order valence-electron chi connectivity index (χ2n) is 42.5. The molecule has 24 rings (SSSR count). The molecular weight excluding hydrogens is 1700 g/mol. The van der Waals surface area contributed by atoms with Crippen molar-refractivity contribution in [1.29, 1.82) is 0 Å². The molecule has 5 heterocycles. The number of benzene rings is 19. The van der Waals surface area contributed by atoms with Crippen LogP contribution in [-0.2, 0) is 21.7 Å². The Morgan fingerprint density at radius 1 is 0.217 bits per heavy atom. The van der Waals surface area contributed by atoms with E-state index in [0.717, 1.165) is 89.9 Å². The minimum atomic E-state index is -3.16. The van der Waals surface area contributed by atoms with E-state index in [1.807, 2.05) is 0 Å². The lowest BCUT2D eigenvalue weighted by molar-refractivity contribution is 0.590. The summed E-state index contributed by atoms with van der Waals surface area (Å²) >= 11 is 0. The molecule has 0 atom stereocenters. The number of nitrogens with zero attached hydrogens (tertiary/aromatic N) is 4. The van der Waals surface area contributed by atoms with E-state index in [2.05, 4.69) is 550 Å². The molecule has 0 saturated heterocycles. The van der Waals surface area contributed by atoms with Gasteiger partial charge in [0, 0.05) is 77.7 Å². The molecule has 19 aromatic carbocycles. The van der Waals surface area contributed by atoms with E-state index >= 15 is 0 Å². The van der Waals surface area contributed by atoms with Crippen LogP contribution in [0.1, 0.15) is 105 Å². The van der Waals surface area contributed by atoms with Crippen LogP contribution in [-0.4, -0.2) is 36.6 Å². The maximum Gasteiger partial charge on any atom is 0.252 e. The highest BCUT2D eigenvalue weighted by Crippen LogP contribution is 2.48. The molecule has 0 spiro atoms. The van der Waals surface area contributed by atoms with Crippen LogP contribution in [0.3, 0.4) is 0 Å². The molecule has 2 aliphatic heterocycles. The second kappa shape index (κ2) is 32.7. The topological polar surface area (TPSA) is 30.1 Å². The van der Waals surface area contributed by atoms with Crippen molar-refractivity contribution in [3.05, 3.63) is 465 Å². The van der Waals surface area contributed by atoms with Gasteiger partial charge in [-0.15, -0.1) is 0 Å². The van der Waals surface area contributed by atoms with Gasteiger partial charge in [-0.05, 0) is 251 Å². The summed E-state index contributed by atoms with van der Waals surface area (Å²) < 4.78 is 7.59. The Morgan fingerprint density at radius 3 is 0.971 bits per heavy atom. The molecule has 3 aromatic heterocycles. The van der Waals surface area contributed by atoms with Gasteiger partial charge in [-0.25, -0.2) is 0 Å². The molecule has 0 unspecified atom stereocenters. The van der Waals surface area contributed by atoms with Crippen molar-refractivity contribution in [2.24, 2.45) is 0 Å². The lowest BCUT2D eigenvalue weighted by Crippen LogP contribution is -2.74. The van der Waals surface area contributed by atoms with Crippen LogP contribution in [0.4, 0.5) is 28.4 Å². The summed E-state index contributed by atoms with van der Waals surface area (Å²) in [6.07, 6.45) is 0. The molecule has 138 heavy (non-hydrogen) atoms. The first-order valence-corrected chi connectivity index (χ1v) is 53.0. The predicted molar refractivity (Wildman–Crippen MR) is 597 cm³/mol. The third kappa shape index (κ3) is 14.0. The van der Waals surface area contributed by atoms with Crippen molar-refractivity contribution >= 4 is 175 Å². The highest BCUT2D eigenvalue weighted by molar-refractivity contribution is 7.20. The molecule has 5 nitrogen and oxygen atoms in total. The van der Waals surface area contributed by atoms with Gasteiger partial charge in [-0.3, -0.25) is 0 Å². The Hall–Kier alpha value is -15.3. The lowest BCUT2D eigenvalue weighted by atomic mass is 9.33. The van der Waals surface area contributed by atoms with E-state index < -0.39 is 16.1 Å². The second-order valence-corrected chi connectivity index (χ2v) is 50.1. The average Bonchev–Trinajstić information content (AvgIpc) is 0.869. The van der Waals surface area contributed by atoms with E-state index in [-0.39, 0.29) is 28.4 Å². The lowest BCUT2D eigenvalue weighted by Gasteiger charge is -2.42. The molecular formula is C130H110BN5Si2. The summed E-state index contributed by atoms with van der Waals surface area (Å²) in [5.74, 6) is 0. The van der Waals surface area contributed by atoms with Gasteiger partial charge in [-0.2, -0.15) is 0 Å². The zero-order valence-corrected chi connectivity index (χ0v) is 82.5. The minimum absolute atomic E-state index is 0.0527. The number of para-hydroxylation sites is 2. The number of aromatic nitrogens is 3. The Bertz CT molecular complexity index is 8190. The normalized spacial score (nSPS) is 13.0. The summed E-state index contributed by atoms with van der Waals surface area (Å²) in [4.78, 5) is 2.66. The van der Waals surface area contributed by atoms with Crippen LogP contribution in [0.5, 0.6) is 0 Å². The Kier molecular flexibility index (Phi) is 20.3. The maximum atomic E-state index is 4.58. The molecule has 1 N–H and O–H groups in total. The fourth-order valence-electron chi connectivity index (χ4n) is 23.2. The molecule has 22 aromatic rings.